The smallest absolute Gasteiger partial charge is 0.223 e. The molecule has 2 fully saturated rings. The minimum atomic E-state index is 0.151. The van der Waals surface area contributed by atoms with Gasteiger partial charge in [0.2, 0.25) is 5.91 Å². The first kappa shape index (κ1) is 17.5. The standard InChI is InChI=1S/C18H32N2O2/c21-16-8-11-18(22)20-14-12-19(13-15-20)17-9-6-4-2-1-3-5-7-10-17/h16-17H,1-15H2. The molecule has 1 aliphatic heterocycles. The molecular weight excluding hydrogens is 276 g/mol. The first-order valence-corrected chi connectivity index (χ1v) is 9.26. The van der Waals surface area contributed by atoms with Gasteiger partial charge < -0.3 is 9.69 Å². The van der Waals surface area contributed by atoms with Crippen molar-refractivity contribution in [2.24, 2.45) is 0 Å². The average molecular weight is 308 g/mol. The predicted molar refractivity (Wildman–Crippen MR) is 88.8 cm³/mol. The van der Waals surface area contributed by atoms with Crippen LogP contribution in [0.15, 0.2) is 0 Å². The normalized spacial score (nSPS) is 23.2. The Morgan fingerprint density at radius 2 is 1.41 bits per heavy atom. The lowest BCUT2D eigenvalue weighted by Gasteiger charge is -2.39. The van der Waals surface area contributed by atoms with Gasteiger partial charge in [-0.2, -0.15) is 0 Å². The molecule has 0 radical (unpaired) electrons. The summed E-state index contributed by atoms with van der Waals surface area (Å²) < 4.78 is 0. The summed E-state index contributed by atoms with van der Waals surface area (Å²) in [6.07, 6.45) is 14.0. The number of hydrogen-bond donors (Lipinski definition) is 0. The van der Waals surface area contributed by atoms with Crippen LogP contribution in [0, 0.1) is 0 Å². The Labute approximate surface area is 135 Å². The average Bonchev–Trinajstić information content (AvgIpc) is 2.57. The molecule has 0 aromatic heterocycles. The number of piperazine rings is 1. The second kappa shape index (κ2) is 9.98. The molecule has 4 nitrogen and oxygen atoms in total. The Kier molecular flexibility index (Phi) is 7.92. The molecule has 1 aliphatic carbocycles. The van der Waals surface area contributed by atoms with E-state index in [1.807, 2.05) is 4.90 Å². The van der Waals surface area contributed by atoms with Crippen LogP contribution in [-0.4, -0.2) is 54.2 Å². The van der Waals surface area contributed by atoms with Gasteiger partial charge in [0.1, 0.15) is 6.29 Å². The van der Waals surface area contributed by atoms with Crippen LogP contribution in [-0.2, 0) is 9.59 Å². The second-order valence-corrected chi connectivity index (χ2v) is 6.83. The third kappa shape index (κ3) is 5.71. The van der Waals surface area contributed by atoms with Gasteiger partial charge in [-0.05, 0) is 12.8 Å². The summed E-state index contributed by atoms with van der Waals surface area (Å²) in [7, 11) is 0. The van der Waals surface area contributed by atoms with Gasteiger partial charge in [0, 0.05) is 45.1 Å². The Hall–Kier alpha value is -0.900. The molecule has 1 amide bonds. The monoisotopic (exact) mass is 308 g/mol. The van der Waals surface area contributed by atoms with Crippen LogP contribution in [0.5, 0.6) is 0 Å². The third-order valence-corrected chi connectivity index (χ3v) is 5.23. The van der Waals surface area contributed by atoms with E-state index in [4.69, 9.17) is 0 Å². The van der Waals surface area contributed by atoms with E-state index in [1.54, 1.807) is 0 Å². The molecule has 22 heavy (non-hydrogen) atoms. The topological polar surface area (TPSA) is 40.6 Å². The highest BCUT2D eigenvalue weighted by Gasteiger charge is 2.25. The Morgan fingerprint density at radius 3 is 1.95 bits per heavy atom. The molecule has 4 heteroatoms. The predicted octanol–water partition coefficient (Wildman–Crippen LogP) is 3.00. The molecule has 1 heterocycles. The Bertz CT molecular complexity index is 328. The van der Waals surface area contributed by atoms with Gasteiger partial charge in [0.15, 0.2) is 0 Å². The lowest BCUT2D eigenvalue weighted by Crippen LogP contribution is -2.52. The molecule has 126 valence electrons. The van der Waals surface area contributed by atoms with Gasteiger partial charge in [-0.1, -0.05) is 44.9 Å². The lowest BCUT2D eigenvalue weighted by molar-refractivity contribution is -0.134. The lowest BCUT2D eigenvalue weighted by atomic mass is 9.96. The maximum absolute atomic E-state index is 12.0. The van der Waals surface area contributed by atoms with Gasteiger partial charge in [-0.3, -0.25) is 9.69 Å². The van der Waals surface area contributed by atoms with E-state index in [1.165, 1.54) is 57.8 Å². The summed E-state index contributed by atoms with van der Waals surface area (Å²) in [4.78, 5) is 26.9. The Morgan fingerprint density at radius 1 is 0.864 bits per heavy atom. The highest BCUT2D eigenvalue weighted by molar-refractivity contribution is 5.78. The van der Waals surface area contributed by atoms with Crippen molar-refractivity contribution >= 4 is 12.2 Å². The molecule has 2 rings (SSSR count). The minimum Gasteiger partial charge on any atom is -0.340 e. The van der Waals surface area contributed by atoms with Gasteiger partial charge in [0.05, 0.1) is 0 Å². The summed E-state index contributed by atoms with van der Waals surface area (Å²) >= 11 is 0. The van der Waals surface area contributed by atoms with Gasteiger partial charge in [-0.15, -0.1) is 0 Å². The molecule has 0 atom stereocenters. The van der Waals surface area contributed by atoms with Crippen LogP contribution in [0.3, 0.4) is 0 Å². The Balaban J connectivity index is 1.76. The molecular formula is C18H32N2O2. The summed E-state index contributed by atoms with van der Waals surface area (Å²) in [6.45, 7) is 3.71. The highest BCUT2D eigenvalue weighted by Crippen LogP contribution is 2.22. The molecule has 1 saturated heterocycles. The zero-order valence-electron chi connectivity index (χ0n) is 14.0. The van der Waals surface area contributed by atoms with Crippen LogP contribution in [0.1, 0.15) is 70.6 Å². The summed E-state index contributed by atoms with van der Waals surface area (Å²) in [5.74, 6) is 0.151. The van der Waals surface area contributed by atoms with Crippen LogP contribution in [0.2, 0.25) is 0 Å². The summed E-state index contributed by atoms with van der Waals surface area (Å²) in [5.41, 5.74) is 0. The van der Waals surface area contributed by atoms with Gasteiger partial charge >= 0.3 is 0 Å². The molecule has 0 spiro atoms. The van der Waals surface area contributed by atoms with Gasteiger partial charge in [0.25, 0.3) is 0 Å². The summed E-state index contributed by atoms with van der Waals surface area (Å²) in [5, 5.41) is 0. The number of carbonyl (C=O) groups is 2. The fraction of sp³-hybridized carbons (Fsp3) is 0.889. The summed E-state index contributed by atoms with van der Waals surface area (Å²) in [6, 6.07) is 0.727. The van der Waals surface area contributed by atoms with E-state index in [2.05, 4.69) is 4.90 Å². The van der Waals surface area contributed by atoms with Crippen LogP contribution in [0.4, 0.5) is 0 Å². The van der Waals surface area contributed by atoms with E-state index >= 15 is 0 Å². The fourth-order valence-electron chi connectivity index (χ4n) is 3.83. The van der Waals surface area contributed by atoms with Crippen molar-refractivity contribution in [3.63, 3.8) is 0 Å². The van der Waals surface area contributed by atoms with Gasteiger partial charge in [-0.25, -0.2) is 0 Å². The van der Waals surface area contributed by atoms with Crippen molar-refractivity contribution in [2.45, 2.75) is 76.7 Å². The van der Waals surface area contributed by atoms with Crippen molar-refractivity contribution in [1.29, 1.82) is 0 Å². The van der Waals surface area contributed by atoms with Crippen molar-refractivity contribution in [2.75, 3.05) is 26.2 Å². The van der Waals surface area contributed by atoms with Crippen LogP contribution >= 0.6 is 0 Å². The van der Waals surface area contributed by atoms with E-state index in [0.29, 0.717) is 12.8 Å². The molecule has 0 aromatic carbocycles. The number of aldehydes is 1. The second-order valence-electron chi connectivity index (χ2n) is 6.83. The van der Waals surface area contributed by atoms with Crippen molar-refractivity contribution < 1.29 is 9.59 Å². The van der Waals surface area contributed by atoms with E-state index in [-0.39, 0.29) is 5.91 Å². The molecule has 0 N–H and O–H groups in total. The van der Waals surface area contributed by atoms with E-state index < -0.39 is 0 Å². The quantitative estimate of drug-likeness (QED) is 0.750. The number of hydrogen-bond acceptors (Lipinski definition) is 3. The zero-order chi connectivity index (χ0) is 15.6. The first-order valence-electron chi connectivity index (χ1n) is 9.26. The maximum atomic E-state index is 12.0. The third-order valence-electron chi connectivity index (χ3n) is 5.23. The fourth-order valence-corrected chi connectivity index (χ4v) is 3.83. The maximum Gasteiger partial charge on any atom is 0.223 e. The molecule has 1 saturated carbocycles. The van der Waals surface area contributed by atoms with Crippen molar-refractivity contribution in [1.82, 2.24) is 9.80 Å². The first-order chi connectivity index (χ1) is 10.8. The molecule has 0 unspecified atom stereocenters. The van der Waals surface area contributed by atoms with E-state index in [0.717, 1.165) is 38.5 Å². The largest absolute Gasteiger partial charge is 0.340 e. The molecule has 0 aromatic rings. The number of rotatable bonds is 4. The van der Waals surface area contributed by atoms with Crippen LogP contribution < -0.4 is 0 Å². The highest BCUT2D eigenvalue weighted by atomic mass is 16.2. The minimum absolute atomic E-state index is 0.151. The molecule has 2 aliphatic rings. The number of amides is 1. The number of carbonyl (C=O) groups excluding carboxylic acids is 2. The van der Waals surface area contributed by atoms with Crippen molar-refractivity contribution in [3.8, 4) is 0 Å². The number of nitrogens with zero attached hydrogens (tertiary/aromatic N) is 2. The van der Waals surface area contributed by atoms with Crippen LogP contribution in [0.25, 0.3) is 0 Å². The van der Waals surface area contributed by atoms with E-state index in [9.17, 15) is 9.59 Å². The molecule has 0 bridgehead atoms. The van der Waals surface area contributed by atoms with Crippen molar-refractivity contribution in [3.05, 3.63) is 0 Å². The zero-order valence-corrected chi connectivity index (χ0v) is 14.0. The SMILES string of the molecule is O=CCCC(=O)N1CCN(C2CCCCCCCCC2)CC1.